The van der Waals surface area contributed by atoms with Crippen molar-refractivity contribution < 1.29 is 4.79 Å². The number of Topliss-reactive ketones (excluding diaryl/α,β-unsaturated/α-hetero) is 1. The fourth-order valence-electron chi connectivity index (χ4n) is 2.24. The van der Waals surface area contributed by atoms with Gasteiger partial charge in [0.25, 0.3) is 0 Å². The second kappa shape index (κ2) is 7.25. The Hall–Kier alpha value is -0.610. The zero-order chi connectivity index (χ0) is 13.7. The lowest BCUT2D eigenvalue weighted by atomic mass is 10.1. The largest absolute Gasteiger partial charge is 0.315 e. The van der Waals surface area contributed by atoms with Gasteiger partial charge in [0.1, 0.15) is 0 Å². The van der Waals surface area contributed by atoms with Crippen LogP contribution in [-0.2, 0) is 0 Å². The number of nitrogens with zero attached hydrogens (tertiary/aromatic N) is 1. The number of ketones is 1. The van der Waals surface area contributed by atoms with Crippen LogP contribution < -0.4 is 5.32 Å². The van der Waals surface area contributed by atoms with E-state index < -0.39 is 0 Å². The van der Waals surface area contributed by atoms with Gasteiger partial charge in [0.15, 0.2) is 5.78 Å². The molecule has 0 aromatic heterocycles. The van der Waals surface area contributed by atoms with Crippen molar-refractivity contribution in [2.45, 2.75) is 12.8 Å². The van der Waals surface area contributed by atoms with Gasteiger partial charge in [-0.15, -0.1) is 0 Å². The summed E-state index contributed by atoms with van der Waals surface area (Å²) < 4.78 is 0. The molecule has 3 nitrogen and oxygen atoms in total. The molecule has 1 aliphatic heterocycles. The molecule has 0 atom stereocenters. The third kappa shape index (κ3) is 4.46. The predicted octanol–water partition coefficient (Wildman–Crippen LogP) is 2.86. The Labute approximate surface area is 123 Å². The van der Waals surface area contributed by atoms with E-state index in [4.69, 9.17) is 23.2 Å². The van der Waals surface area contributed by atoms with Gasteiger partial charge in [0.05, 0.1) is 5.02 Å². The van der Waals surface area contributed by atoms with Gasteiger partial charge in [-0.1, -0.05) is 23.2 Å². The van der Waals surface area contributed by atoms with Crippen LogP contribution in [0.1, 0.15) is 23.2 Å². The van der Waals surface area contributed by atoms with Crippen molar-refractivity contribution in [1.82, 2.24) is 10.2 Å². The maximum absolute atomic E-state index is 12.1. The molecule has 0 aliphatic carbocycles. The highest BCUT2D eigenvalue weighted by Crippen LogP contribution is 2.22. The lowest BCUT2D eigenvalue weighted by Crippen LogP contribution is -2.30. The molecule has 1 N–H and O–H groups in total. The van der Waals surface area contributed by atoms with E-state index in [0.717, 1.165) is 39.1 Å². The standard InChI is InChI=1S/C14H18Cl2N2O/c15-11-2-3-12(13(16)10-11)14(19)4-8-18-7-1-5-17-6-9-18/h2-3,10,17H,1,4-9H2. The molecule has 5 heteroatoms. The summed E-state index contributed by atoms with van der Waals surface area (Å²) in [6.07, 6.45) is 1.64. The molecular weight excluding hydrogens is 283 g/mol. The van der Waals surface area contributed by atoms with Crippen molar-refractivity contribution in [1.29, 1.82) is 0 Å². The molecule has 0 bridgehead atoms. The fourth-order valence-corrected chi connectivity index (χ4v) is 2.75. The molecule has 1 saturated heterocycles. The molecule has 104 valence electrons. The average Bonchev–Trinajstić information content (AvgIpc) is 2.64. The number of rotatable bonds is 4. The third-order valence-electron chi connectivity index (χ3n) is 3.32. The monoisotopic (exact) mass is 300 g/mol. The highest BCUT2D eigenvalue weighted by atomic mass is 35.5. The normalized spacial score (nSPS) is 17.2. The number of hydrogen-bond acceptors (Lipinski definition) is 3. The minimum absolute atomic E-state index is 0.0823. The number of benzene rings is 1. The Morgan fingerprint density at radius 2 is 2.11 bits per heavy atom. The number of carbonyl (C=O) groups excluding carboxylic acids is 1. The van der Waals surface area contributed by atoms with Crippen LogP contribution in [0, 0.1) is 0 Å². The van der Waals surface area contributed by atoms with Crippen LogP contribution in [0.5, 0.6) is 0 Å². The van der Waals surface area contributed by atoms with Gasteiger partial charge in [-0.25, -0.2) is 0 Å². The molecule has 1 aromatic carbocycles. The Morgan fingerprint density at radius 1 is 1.26 bits per heavy atom. The summed E-state index contributed by atoms with van der Waals surface area (Å²) in [5, 5.41) is 4.35. The molecule has 0 radical (unpaired) electrons. The summed E-state index contributed by atoms with van der Waals surface area (Å²) in [6, 6.07) is 5.03. The van der Waals surface area contributed by atoms with Crippen LogP contribution >= 0.6 is 23.2 Å². The summed E-state index contributed by atoms with van der Waals surface area (Å²) in [5.41, 5.74) is 0.569. The molecule has 0 unspecified atom stereocenters. The molecule has 1 aliphatic rings. The average molecular weight is 301 g/mol. The number of hydrogen-bond donors (Lipinski definition) is 1. The third-order valence-corrected chi connectivity index (χ3v) is 3.87. The van der Waals surface area contributed by atoms with Crippen LogP contribution in [0.2, 0.25) is 10.0 Å². The van der Waals surface area contributed by atoms with Crippen LogP contribution in [0.4, 0.5) is 0 Å². The number of nitrogens with one attached hydrogen (secondary N) is 1. The molecule has 1 fully saturated rings. The van der Waals surface area contributed by atoms with E-state index in [0.29, 0.717) is 22.0 Å². The van der Waals surface area contributed by atoms with Gasteiger partial charge in [-0.2, -0.15) is 0 Å². The van der Waals surface area contributed by atoms with E-state index in [-0.39, 0.29) is 5.78 Å². The van der Waals surface area contributed by atoms with Gasteiger partial charge in [-0.05, 0) is 37.7 Å². The zero-order valence-electron chi connectivity index (χ0n) is 10.8. The minimum atomic E-state index is 0.0823. The number of carbonyl (C=O) groups is 1. The molecule has 0 saturated carbocycles. The van der Waals surface area contributed by atoms with Crippen molar-refractivity contribution in [2.75, 3.05) is 32.7 Å². The van der Waals surface area contributed by atoms with E-state index in [1.165, 1.54) is 0 Å². The quantitative estimate of drug-likeness (QED) is 0.868. The molecule has 0 spiro atoms. The van der Waals surface area contributed by atoms with Gasteiger partial charge in [0.2, 0.25) is 0 Å². The van der Waals surface area contributed by atoms with E-state index in [2.05, 4.69) is 10.2 Å². The number of halogens is 2. The van der Waals surface area contributed by atoms with Crippen molar-refractivity contribution in [3.05, 3.63) is 33.8 Å². The van der Waals surface area contributed by atoms with Gasteiger partial charge in [0, 0.05) is 36.6 Å². The highest BCUT2D eigenvalue weighted by Gasteiger charge is 2.14. The second-order valence-electron chi connectivity index (χ2n) is 4.74. The van der Waals surface area contributed by atoms with Crippen LogP contribution in [-0.4, -0.2) is 43.4 Å². The second-order valence-corrected chi connectivity index (χ2v) is 5.59. The molecule has 0 amide bonds. The van der Waals surface area contributed by atoms with E-state index in [9.17, 15) is 4.79 Å². The maximum Gasteiger partial charge on any atom is 0.165 e. The first-order chi connectivity index (χ1) is 9.16. The molecule has 19 heavy (non-hydrogen) atoms. The van der Waals surface area contributed by atoms with E-state index in [1.807, 2.05) is 0 Å². The molecule has 1 aromatic rings. The summed E-state index contributed by atoms with van der Waals surface area (Å²) in [7, 11) is 0. The first-order valence-electron chi connectivity index (χ1n) is 6.58. The first-order valence-corrected chi connectivity index (χ1v) is 7.34. The van der Waals surface area contributed by atoms with Gasteiger partial charge >= 0.3 is 0 Å². The van der Waals surface area contributed by atoms with Crippen molar-refractivity contribution in [3.63, 3.8) is 0 Å². The first kappa shape index (κ1) is 14.8. The van der Waals surface area contributed by atoms with E-state index >= 15 is 0 Å². The van der Waals surface area contributed by atoms with Gasteiger partial charge in [-0.3, -0.25) is 4.79 Å². The predicted molar refractivity (Wildman–Crippen MR) is 79.3 cm³/mol. The fraction of sp³-hybridized carbons (Fsp3) is 0.500. The van der Waals surface area contributed by atoms with E-state index in [1.54, 1.807) is 18.2 Å². The molecular formula is C14H18Cl2N2O. The zero-order valence-corrected chi connectivity index (χ0v) is 12.3. The summed E-state index contributed by atoms with van der Waals surface area (Å²) >= 11 is 11.9. The Bertz CT molecular complexity index is 443. The highest BCUT2D eigenvalue weighted by molar-refractivity contribution is 6.36. The smallest absolute Gasteiger partial charge is 0.165 e. The lowest BCUT2D eigenvalue weighted by molar-refractivity contribution is 0.0965. The SMILES string of the molecule is O=C(CCN1CCCNCC1)c1ccc(Cl)cc1Cl. The Kier molecular flexibility index (Phi) is 5.64. The van der Waals surface area contributed by atoms with Crippen LogP contribution in [0.15, 0.2) is 18.2 Å². The Morgan fingerprint density at radius 3 is 2.89 bits per heavy atom. The molecule has 1 heterocycles. The van der Waals surface area contributed by atoms with Crippen molar-refractivity contribution >= 4 is 29.0 Å². The summed E-state index contributed by atoms with van der Waals surface area (Å²) in [5.74, 6) is 0.0823. The lowest BCUT2D eigenvalue weighted by Gasteiger charge is -2.18. The van der Waals surface area contributed by atoms with Crippen molar-refractivity contribution in [2.24, 2.45) is 0 Å². The topological polar surface area (TPSA) is 32.3 Å². The summed E-state index contributed by atoms with van der Waals surface area (Å²) in [4.78, 5) is 14.5. The minimum Gasteiger partial charge on any atom is -0.315 e. The van der Waals surface area contributed by atoms with Gasteiger partial charge < -0.3 is 10.2 Å². The summed E-state index contributed by atoms with van der Waals surface area (Å²) in [6.45, 7) is 4.90. The maximum atomic E-state index is 12.1. The van der Waals surface area contributed by atoms with Crippen LogP contribution in [0.3, 0.4) is 0 Å². The van der Waals surface area contributed by atoms with Crippen molar-refractivity contribution in [3.8, 4) is 0 Å². The van der Waals surface area contributed by atoms with Crippen LogP contribution in [0.25, 0.3) is 0 Å². The molecule has 2 rings (SSSR count). The Balaban J connectivity index is 1.89.